The monoisotopic (exact) mass is 403 g/mol. The van der Waals surface area contributed by atoms with E-state index in [2.05, 4.69) is 26.5 Å². The third-order valence-electron chi connectivity index (χ3n) is 6.69. The van der Waals surface area contributed by atoms with Crippen LogP contribution in [0.2, 0.25) is 0 Å². The Bertz CT molecular complexity index is 316. The lowest BCUT2D eigenvalue weighted by atomic mass is 9.84. The molecular weight excluding hydrogens is 354 g/mol. The summed E-state index contributed by atoms with van der Waals surface area (Å²) in [6, 6.07) is 0. The van der Waals surface area contributed by atoms with Crippen LogP contribution in [0.4, 0.5) is 0 Å². The standard InChI is InChI=1S/C24H49NO.ClH/c1-4-6-8-10-12-14-16-18-20-24(23(3,22-25)26-24)21-19-17-15-13-11-9-7-5-2;/h4-22,25H2,1-3H3;1H. The first-order chi connectivity index (χ1) is 12.6. The Kier molecular flexibility index (Phi) is 16.2. The zero-order chi connectivity index (χ0) is 19.1. The van der Waals surface area contributed by atoms with Gasteiger partial charge in [-0.2, -0.15) is 0 Å². The van der Waals surface area contributed by atoms with Crippen LogP contribution in [0, 0.1) is 0 Å². The number of epoxide rings is 1. The molecule has 0 amide bonds. The molecule has 1 aliphatic rings. The van der Waals surface area contributed by atoms with Gasteiger partial charge in [0.05, 0.1) is 0 Å². The van der Waals surface area contributed by atoms with Crippen molar-refractivity contribution in [1.82, 2.24) is 0 Å². The molecular formula is C24H50ClNO. The second-order valence-electron chi connectivity index (χ2n) is 9.03. The third-order valence-corrected chi connectivity index (χ3v) is 6.69. The van der Waals surface area contributed by atoms with E-state index in [4.69, 9.17) is 4.74 Å². The highest BCUT2D eigenvalue weighted by atomic mass is 35.5. The second kappa shape index (κ2) is 16.1. The Balaban J connectivity index is 0.00000676. The summed E-state index contributed by atoms with van der Waals surface area (Å²) in [6.07, 6.45) is 25.0. The van der Waals surface area contributed by atoms with Gasteiger partial charge in [0.15, 0.2) is 0 Å². The largest absolute Gasteiger partial charge is 1.00 e. The molecule has 164 valence electrons. The SMILES string of the molecule is CCCCCCCCCCC1(CCCCCCCCCC)OC1(C)C[NH3+].[Cl-]. The molecule has 0 aliphatic carbocycles. The van der Waals surface area contributed by atoms with Gasteiger partial charge >= 0.3 is 0 Å². The number of ether oxygens (including phenoxy) is 1. The summed E-state index contributed by atoms with van der Waals surface area (Å²) in [5.41, 5.74) is 4.42. The van der Waals surface area contributed by atoms with Gasteiger partial charge in [-0.3, -0.25) is 0 Å². The number of hydrogen-bond donors (Lipinski definition) is 1. The Labute approximate surface area is 177 Å². The molecule has 1 aliphatic heterocycles. The van der Waals surface area contributed by atoms with Crippen LogP contribution in [-0.4, -0.2) is 17.7 Å². The van der Waals surface area contributed by atoms with Gasteiger partial charge in [0.2, 0.25) is 0 Å². The maximum absolute atomic E-state index is 6.30. The molecule has 1 unspecified atom stereocenters. The van der Waals surface area contributed by atoms with Crippen LogP contribution in [0.3, 0.4) is 0 Å². The van der Waals surface area contributed by atoms with Crippen molar-refractivity contribution >= 4 is 0 Å². The fourth-order valence-electron chi connectivity index (χ4n) is 4.53. The average molecular weight is 404 g/mol. The van der Waals surface area contributed by atoms with Gasteiger partial charge in [-0.1, -0.05) is 117 Å². The Hall–Kier alpha value is 0.210. The molecule has 1 atom stereocenters. The van der Waals surface area contributed by atoms with E-state index in [1.54, 1.807) is 0 Å². The van der Waals surface area contributed by atoms with Crippen molar-refractivity contribution in [2.75, 3.05) is 6.54 Å². The summed E-state index contributed by atoms with van der Waals surface area (Å²) >= 11 is 0. The fourth-order valence-corrected chi connectivity index (χ4v) is 4.53. The van der Waals surface area contributed by atoms with E-state index >= 15 is 0 Å². The van der Waals surface area contributed by atoms with Gasteiger partial charge in [-0.25, -0.2) is 0 Å². The van der Waals surface area contributed by atoms with E-state index in [1.807, 2.05) is 0 Å². The van der Waals surface area contributed by atoms with Crippen molar-refractivity contribution in [2.24, 2.45) is 0 Å². The topological polar surface area (TPSA) is 40.2 Å². The van der Waals surface area contributed by atoms with Crippen LogP contribution in [0.15, 0.2) is 0 Å². The summed E-state index contributed by atoms with van der Waals surface area (Å²) in [5.74, 6) is 0. The van der Waals surface area contributed by atoms with Crippen LogP contribution in [-0.2, 0) is 4.74 Å². The highest BCUT2D eigenvalue weighted by molar-refractivity contribution is 5.12. The van der Waals surface area contributed by atoms with E-state index in [1.165, 1.54) is 116 Å². The first-order valence-corrected chi connectivity index (χ1v) is 12.1. The molecule has 2 nitrogen and oxygen atoms in total. The van der Waals surface area contributed by atoms with Crippen LogP contribution < -0.4 is 18.1 Å². The third kappa shape index (κ3) is 10.5. The molecule has 0 aromatic carbocycles. The van der Waals surface area contributed by atoms with Gasteiger partial charge in [-0.15, -0.1) is 0 Å². The Morgan fingerprint density at radius 2 is 0.926 bits per heavy atom. The number of hydrogen-bond acceptors (Lipinski definition) is 1. The summed E-state index contributed by atoms with van der Waals surface area (Å²) in [7, 11) is 0. The quantitative estimate of drug-likeness (QED) is 0.258. The van der Waals surface area contributed by atoms with Crippen LogP contribution >= 0.6 is 0 Å². The van der Waals surface area contributed by atoms with Crippen LogP contribution in [0.5, 0.6) is 0 Å². The molecule has 27 heavy (non-hydrogen) atoms. The molecule has 0 saturated carbocycles. The van der Waals surface area contributed by atoms with E-state index in [-0.39, 0.29) is 23.6 Å². The maximum atomic E-state index is 6.30. The zero-order valence-corrected chi connectivity index (χ0v) is 19.7. The van der Waals surface area contributed by atoms with E-state index in [9.17, 15) is 0 Å². The van der Waals surface area contributed by atoms with Crippen molar-refractivity contribution in [2.45, 2.75) is 148 Å². The van der Waals surface area contributed by atoms with Crippen molar-refractivity contribution in [1.29, 1.82) is 0 Å². The number of unbranched alkanes of at least 4 members (excludes halogenated alkanes) is 14. The zero-order valence-electron chi connectivity index (χ0n) is 18.9. The minimum absolute atomic E-state index is 0. The molecule has 0 aromatic rings. The second-order valence-corrected chi connectivity index (χ2v) is 9.03. The molecule has 1 fully saturated rings. The predicted molar refractivity (Wildman–Crippen MR) is 114 cm³/mol. The van der Waals surface area contributed by atoms with E-state index in [0.717, 1.165) is 6.54 Å². The molecule has 1 rings (SSSR count). The van der Waals surface area contributed by atoms with Crippen molar-refractivity contribution < 1.29 is 22.9 Å². The Morgan fingerprint density at radius 3 is 1.22 bits per heavy atom. The lowest BCUT2D eigenvalue weighted by Gasteiger charge is -2.15. The minimum atomic E-state index is 0. The smallest absolute Gasteiger partial charge is 0.143 e. The molecule has 3 heteroatoms. The minimum Gasteiger partial charge on any atom is -1.00 e. The van der Waals surface area contributed by atoms with Gasteiger partial charge in [0.1, 0.15) is 17.7 Å². The number of halogens is 1. The van der Waals surface area contributed by atoms with Crippen molar-refractivity contribution in [3.63, 3.8) is 0 Å². The lowest BCUT2D eigenvalue weighted by molar-refractivity contribution is -0.379. The molecule has 0 spiro atoms. The molecule has 0 bridgehead atoms. The predicted octanol–water partition coefficient (Wildman–Crippen LogP) is 3.82. The summed E-state index contributed by atoms with van der Waals surface area (Å²) < 4.78 is 6.30. The van der Waals surface area contributed by atoms with Crippen molar-refractivity contribution in [3.8, 4) is 0 Å². The summed E-state index contributed by atoms with van der Waals surface area (Å²) in [6.45, 7) is 7.82. The molecule has 0 aromatic heterocycles. The van der Waals surface area contributed by atoms with Gasteiger partial charge in [0.25, 0.3) is 0 Å². The highest BCUT2D eigenvalue weighted by Crippen LogP contribution is 2.53. The lowest BCUT2D eigenvalue weighted by Crippen LogP contribution is -3.00. The first-order valence-electron chi connectivity index (χ1n) is 12.1. The van der Waals surface area contributed by atoms with Crippen LogP contribution in [0.25, 0.3) is 0 Å². The Morgan fingerprint density at radius 1 is 0.593 bits per heavy atom. The molecule has 1 heterocycles. The van der Waals surface area contributed by atoms with Gasteiger partial charge in [0, 0.05) is 0 Å². The molecule has 3 N–H and O–H groups in total. The van der Waals surface area contributed by atoms with Crippen molar-refractivity contribution in [3.05, 3.63) is 0 Å². The number of quaternary nitrogens is 1. The van der Waals surface area contributed by atoms with Gasteiger partial charge in [-0.05, 0) is 19.8 Å². The van der Waals surface area contributed by atoms with Gasteiger partial charge < -0.3 is 22.9 Å². The number of rotatable bonds is 19. The highest BCUT2D eigenvalue weighted by Gasteiger charge is 2.66. The summed E-state index contributed by atoms with van der Waals surface area (Å²) in [5, 5.41) is 0. The average Bonchev–Trinajstić information content (AvgIpc) is 3.24. The molecule has 0 radical (unpaired) electrons. The summed E-state index contributed by atoms with van der Waals surface area (Å²) in [4.78, 5) is 0. The van der Waals surface area contributed by atoms with E-state index < -0.39 is 0 Å². The van der Waals surface area contributed by atoms with Crippen LogP contribution in [0.1, 0.15) is 136 Å². The maximum Gasteiger partial charge on any atom is 0.143 e. The first kappa shape index (κ1) is 27.2. The normalized spacial score (nSPS) is 20.4. The fraction of sp³-hybridized carbons (Fsp3) is 1.00. The molecule has 1 saturated heterocycles. The van der Waals surface area contributed by atoms with E-state index in [0.29, 0.717) is 0 Å².